The zero-order chi connectivity index (χ0) is 14.8. The molecule has 1 heterocycles. The number of nitrogens with two attached hydrogens (primary N) is 1. The molecule has 0 saturated heterocycles. The van der Waals surface area contributed by atoms with Crippen LogP contribution in [-0.2, 0) is 0 Å². The second-order valence-corrected chi connectivity index (χ2v) is 6.23. The zero-order valence-electron chi connectivity index (χ0n) is 11.6. The van der Waals surface area contributed by atoms with Crippen LogP contribution in [0.15, 0.2) is 18.2 Å². The van der Waals surface area contributed by atoms with E-state index in [0.717, 1.165) is 16.6 Å². The van der Waals surface area contributed by atoms with Crippen LogP contribution in [0.25, 0.3) is 10.2 Å². The van der Waals surface area contributed by atoms with E-state index in [1.54, 1.807) is 25.1 Å². The lowest BCUT2D eigenvalue weighted by Crippen LogP contribution is -2.40. The number of aromatic nitrogens is 1. The average Bonchev–Trinajstić information content (AvgIpc) is 2.75. The molecule has 20 heavy (non-hydrogen) atoms. The van der Waals surface area contributed by atoms with Gasteiger partial charge in [-0.2, -0.15) is 0 Å². The summed E-state index contributed by atoms with van der Waals surface area (Å²) in [6.07, 6.45) is 1.52. The van der Waals surface area contributed by atoms with E-state index < -0.39 is 5.60 Å². The third-order valence-corrected chi connectivity index (χ3v) is 3.93. The van der Waals surface area contributed by atoms with Gasteiger partial charge in [0.2, 0.25) is 0 Å². The number of carbonyl (C=O) groups is 1. The van der Waals surface area contributed by atoms with Gasteiger partial charge in [-0.3, -0.25) is 4.79 Å². The Morgan fingerprint density at radius 2 is 2.30 bits per heavy atom. The molecule has 2 rings (SSSR count). The zero-order valence-corrected chi connectivity index (χ0v) is 12.5. The lowest BCUT2D eigenvalue weighted by Gasteiger charge is -2.22. The van der Waals surface area contributed by atoms with E-state index in [2.05, 4.69) is 10.3 Å². The molecule has 108 valence electrons. The number of nitrogens with one attached hydrogen (secondary N) is 1. The minimum atomic E-state index is -0.872. The molecule has 0 bridgehead atoms. The van der Waals surface area contributed by atoms with Gasteiger partial charge in [0.15, 0.2) is 5.13 Å². The number of hydrogen-bond donors (Lipinski definition) is 3. The summed E-state index contributed by atoms with van der Waals surface area (Å²) >= 11 is 1.35. The number of nitrogen functional groups attached to an aromatic ring is 1. The van der Waals surface area contributed by atoms with Gasteiger partial charge in [-0.15, -0.1) is 0 Å². The summed E-state index contributed by atoms with van der Waals surface area (Å²) in [4.78, 5) is 16.2. The van der Waals surface area contributed by atoms with Crippen LogP contribution < -0.4 is 11.1 Å². The largest absolute Gasteiger partial charge is 0.388 e. The molecule has 4 N–H and O–H groups in total. The first-order valence-electron chi connectivity index (χ1n) is 6.58. The summed E-state index contributed by atoms with van der Waals surface area (Å²) in [7, 11) is 0. The Morgan fingerprint density at radius 1 is 1.55 bits per heavy atom. The van der Waals surface area contributed by atoms with Gasteiger partial charge in [-0.1, -0.05) is 24.7 Å². The van der Waals surface area contributed by atoms with Gasteiger partial charge in [0.05, 0.1) is 15.8 Å². The van der Waals surface area contributed by atoms with Crippen molar-refractivity contribution in [3.05, 3.63) is 23.8 Å². The maximum absolute atomic E-state index is 12.1. The van der Waals surface area contributed by atoms with Gasteiger partial charge in [0.25, 0.3) is 5.91 Å². The lowest BCUT2D eigenvalue weighted by atomic mass is 10.0. The van der Waals surface area contributed by atoms with Crippen LogP contribution in [0.4, 0.5) is 5.13 Å². The number of thiazole rings is 1. The number of amides is 1. The molecule has 1 amide bonds. The average molecular weight is 293 g/mol. The summed E-state index contributed by atoms with van der Waals surface area (Å²) in [5.41, 5.74) is 6.11. The third kappa shape index (κ3) is 3.46. The molecule has 1 atom stereocenters. The SMILES string of the molecule is CCCC(C)(O)CNC(=O)c1ccc2nc(N)sc2c1. The molecule has 0 fully saturated rings. The van der Waals surface area contributed by atoms with Crippen molar-refractivity contribution in [2.45, 2.75) is 32.3 Å². The molecule has 0 aliphatic heterocycles. The van der Waals surface area contributed by atoms with E-state index in [-0.39, 0.29) is 12.5 Å². The number of benzene rings is 1. The van der Waals surface area contributed by atoms with E-state index in [1.807, 2.05) is 6.92 Å². The van der Waals surface area contributed by atoms with Gasteiger partial charge in [0.1, 0.15) is 0 Å². The highest BCUT2D eigenvalue weighted by Crippen LogP contribution is 2.24. The fraction of sp³-hybridized carbons (Fsp3) is 0.429. The number of hydrogen-bond acceptors (Lipinski definition) is 5. The molecule has 0 radical (unpaired) electrons. The van der Waals surface area contributed by atoms with Crippen molar-refractivity contribution in [2.24, 2.45) is 0 Å². The molecule has 0 saturated carbocycles. The van der Waals surface area contributed by atoms with Crippen molar-refractivity contribution in [3.63, 3.8) is 0 Å². The molecular weight excluding hydrogens is 274 g/mol. The van der Waals surface area contributed by atoms with Crippen LogP contribution in [0.3, 0.4) is 0 Å². The first kappa shape index (κ1) is 14.7. The predicted octanol–water partition coefficient (Wildman–Crippen LogP) is 2.16. The highest BCUT2D eigenvalue weighted by Gasteiger charge is 2.20. The van der Waals surface area contributed by atoms with Crippen molar-refractivity contribution in [3.8, 4) is 0 Å². The van der Waals surface area contributed by atoms with Crippen molar-refractivity contribution < 1.29 is 9.90 Å². The lowest BCUT2D eigenvalue weighted by molar-refractivity contribution is 0.0469. The first-order chi connectivity index (χ1) is 9.41. The van der Waals surface area contributed by atoms with Gasteiger partial charge < -0.3 is 16.2 Å². The summed E-state index contributed by atoms with van der Waals surface area (Å²) in [6.45, 7) is 3.96. The number of carbonyl (C=O) groups excluding carboxylic acids is 1. The maximum atomic E-state index is 12.1. The summed E-state index contributed by atoms with van der Waals surface area (Å²) < 4.78 is 0.885. The van der Waals surface area contributed by atoms with Crippen LogP contribution in [0.1, 0.15) is 37.0 Å². The summed E-state index contributed by atoms with van der Waals surface area (Å²) in [5.74, 6) is -0.199. The second-order valence-electron chi connectivity index (χ2n) is 5.16. The van der Waals surface area contributed by atoms with Crippen LogP contribution in [0.2, 0.25) is 0 Å². The van der Waals surface area contributed by atoms with E-state index >= 15 is 0 Å². The molecule has 5 nitrogen and oxygen atoms in total. The van der Waals surface area contributed by atoms with Gasteiger partial charge in [-0.05, 0) is 31.5 Å². The monoisotopic (exact) mass is 293 g/mol. The van der Waals surface area contributed by atoms with E-state index in [1.165, 1.54) is 11.3 Å². The Bertz CT molecular complexity index is 622. The van der Waals surface area contributed by atoms with Crippen LogP contribution >= 0.6 is 11.3 Å². The highest BCUT2D eigenvalue weighted by atomic mass is 32.1. The first-order valence-corrected chi connectivity index (χ1v) is 7.39. The molecule has 1 unspecified atom stereocenters. The van der Waals surface area contributed by atoms with Crippen LogP contribution in [0.5, 0.6) is 0 Å². The van der Waals surface area contributed by atoms with Crippen LogP contribution in [-0.4, -0.2) is 28.1 Å². The fourth-order valence-electron chi connectivity index (χ4n) is 2.08. The van der Waals surface area contributed by atoms with Crippen molar-refractivity contribution in [1.82, 2.24) is 10.3 Å². The number of nitrogens with zero attached hydrogens (tertiary/aromatic N) is 1. The van der Waals surface area contributed by atoms with Crippen molar-refractivity contribution >= 4 is 32.6 Å². The highest BCUT2D eigenvalue weighted by molar-refractivity contribution is 7.22. The molecule has 0 aliphatic rings. The fourth-order valence-corrected chi connectivity index (χ4v) is 2.86. The number of anilines is 1. The molecule has 2 aromatic rings. The Hall–Kier alpha value is -1.66. The molecule has 1 aromatic carbocycles. The number of fused-ring (bicyclic) bond motifs is 1. The minimum absolute atomic E-state index is 0.199. The Balaban J connectivity index is 2.07. The Morgan fingerprint density at radius 3 is 3.00 bits per heavy atom. The Kier molecular flexibility index (Phi) is 4.25. The summed E-state index contributed by atoms with van der Waals surface area (Å²) in [5, 5.41) is 13.3. The molecule has 0 spiro atoms. The van der Waals surface area contributed by atoms with Crippen molar-refractivity contribution in [2.75, 3.05) is 12.3 Å². The number of rotatable bonds is 5. The molecule has 6 heteroatoms. The smallest absolute Gasteiger partial charge is 0.251 e. The summed E-state index contributed by atoms with van der Waals surface area (Å²) in [6, 6.07) is 5.26. The second kappa shape index (κ2) is 5.76. The Labute approximate surface area is 121 Å². The van der Waals surface area contributed by atoms with E-state index in [0.29, 0.717) is 17.1 Å². The standard InChI is InChI=1S/C14H19N3O2S/c1-3-6-14(2,19)8-16-12(18)9-4-5-10-11(7-9)20-13(15)17-10/h4-5,7,19H,3,6,8H2,1-2H3,(H2,15,17)(H,16,18). The van der Waals surface area contributed by atoms with Gasteiger partial charge >= 0.3 is 0 Å². The topological polar surface area (TPSA) is 88.2 Å². The van der Waals surface area contributed by atoms with E-state index in [4.69, 9.17) is 5.73 Å². The molecule has 1 aromatic heterocycles. The van der Waals surface area contributed by atoms with Crippen molar-refractivity contribution in [1.29, 1.82) is 0 Å². The maximum Gasteiger partial charge on any atom is 0.251 e. The predicted molar refractivity (Wildman–Crippen MR) is 81.9 cm³/mol. The molecular formula is C14H19N3O2S. The van der Waals surface area contributed by atoms with E-state index in [9.17, 15) is 9.90 Å². The third-order valence-electron chi connectivity index (χ3n) is 3.09. The van der Waals surface area contributed by atoms with Crippen LogP contribution in [0, 0.1) is 0 Å². The normalized spacial score (nSPS) is 14.2. The quantitative estimate of drug-likeness (QED) is 0.788. The minimum Gasteiger partial charge on any atom is -0.388 e. The molecule has 0 aliphatic carbocycles. The number of aliphatic hydroxyl groups is 1. The van der Waals surface area contributed by atoms with Gasteiger partial charge in [0, 0.05) is 12.1 Å². The van der Waals surface area contributed by atoms with Gasteiger partial charge in [-0.25, -0.2) is 4.98 Å².